The number of benzene rings is 1. The van der Waals surface area contributed by atoms with Gasteiger partial charge in [-0.1, -0.05) is 11.6 Å². The van der Waals surface area contributed by atoms with E-state index in [1.54, 1.807) is 0 Å². The van der Waals surface area contributed by atoms with E-state index in [1.807, 2.05) is 25.7 Å². The van der Waals surface area contributed by atoms with E-state index in [4.69, 9.17) is 21.1 Å². The second-order valence-corrected chi connectivity index (χ2v) is 9.96. The summed E-state index contributed by atoms with van der Waals surface area (Å²) >= 11 is 6.55. The SMILES string of the molecule is CC(C)(C)OC(=O)N1CCCC1c1cc(Cl)cc2c1CCN(C1CCOCC1)C2. The molecule has 0 aliphatic carbocycles. The number of amides is 1. The molecule has 0 aromatic heterocycles. The van der Waals surface area contributed by atoms with Gasteiger partial charge in [0.25, 0.3) is 0 Å². The number of fused-ring (bicyclic) bond motifs is 1. The highest BCUT2D eigenvalue weighted by Crippen LogP contribution is 2.39. The number of nitrogens with zero attached hydrogens (tertiary/aromatic N) is 2. The lowest BCUT2D eigenvalue weighted by Crippen LogP contribution is -2.43. The summed E-state index contributed by atoms with van der Waals surface area (Å²) in [5, 5.41) is 0.767. The Morgan fingerprint density at radius 2 is 1.93 bits per heavy atom. The molecule has 3 aliphatic rings. The molecule has 0 saturated carbocycles. The van der Waals surface area contributed by atoms with Crippen molar-refractivity contribution in [1.29, 1.82) is 0 Å². The van der Waals surface area contributed by atoms with Crippen molar-refractivity contribution in [2.75, 3.05) is 26.3 Å². The first-order valence-corrected chi connectivity index (χ1v) is 11.3. The van der Waals surface area contributed by atoms with Gasteiger partial charge < -0.3 is 14.4 Å². The first-order valence-electron chi connectivity index (χ1n) is 10.9. The average Bonchev–Trinajstić information content (AvgIpc) is 3.16. The molecule has 1 amide bonds. The lowest BCUT2D eigenvalue weighted by atomic mass is 9.89. The van der Waals surface area contributed by atoms with Crippen molar-refractivity contribution >= 4 is 17.7 Å². The minimum atomic E-state index is -0.484. The molecule has 1 aromatic rings. The zero-order valence-corrected chi connectivity index (χ0v) is 18.6. The molecule has 0 bridgehead atoms. The van der Waals surface area contributed by atoms with Crippen LogP contribution in [0.15, 0.2) is 12.1 Å². The Bertz CT molecular complexity index is 755. The Labute approximate surface area is 179 Å². The van der Waals surface area contributed by atoms with Gasteiger partial charge in [0.2, 0.25) is 0 Å². The lowest BCUT2D eigenvalue weighted by Gasteiger charge is -2.39. The summed E-state index contributed by atoms with van der Waals surface area (Å²) in [5.41, 5.74) is 3.45. The minimum absolute atomic E-state index is 0.0620. The molecule has 1 unspecified atom stereocenters. The van der Waals surface area contributed by atoms with Crippen molar-refractivity contribution in [3.05, 3.63) is 33.8 Å². The van der Waals surface area contributed by atoms with Crippen LogP contribution < -0.4 is 0 Å². The highest BCUT2D eigenvalue weighted by atomic mass is 35.5. The zero-order chi connectivity index (χ0) is 20.6. The van der Waals surface area contributed by atoms with Crippen LogP contribution in [0.5, 0.6) is 0 Å². The fraction of sp³-hybridized carbons (Fsp3) is 0.696. The van der Waals surface area contributed by atoms with E-state index in [1.165, 1.54) is 16.7 Å². The molecule has 2 saturated heterocycles. The van der Waals surface area contributed by atoms with Crippen molar-refractivity contribution in [2.24, 2.45) is 0 Å². The molecule has 1 aromatic carbocycles. The molecule has 3 aliphatic heterocycles. The number of hydrogen-bond acceptors (Lipinski definition) is 4. The molecule has 1 atom stereocenters. The quantitative estimate of drug-likeness (QED) is 0.678. The number of halogens is 1. The highest BCUT2D eigenvalue weighted by Gasteiger charge is 2.36. The van der Waals surface area contributed by atoms with Gasteiger partial charge in [-0.15, -0.1) is 0 Å². The Morgan fingerprint density at radius 3 is 2.66 bits per heavy atom. The van der Waals surface area contributed by atoms with Gasteiger partial charge in [0.15, 0.2) is 0 Å². The monoisotopic (exact) mass is 420 g/mol. The molecule has 4 rings (SSSR count). The van der Waals surface area contributed by atoms with Crippen LogP contribution in [0, 0.1) is 0 Å². The molecule has 160 valence electrons. The maximum absolute atomic E-state index is 12.8. The standard InChI is InChI=1S/C23H33ClN2O3/c1-23(2,3)29-22(27)26-9-4-5-21(26)20-14-17(24)13-16-15-25(10-6-19(16)20)18-7-11-28-12-8-18/h13-14,18,21H,4-12,15H2,1-3H3. The molecule has 2 fully saturated rings. The molecule has 0 N–H and O–H groups in total. The van der Waals surface area contributed by atoms with Crippen LogP contribution in [0.3, 0.4) is 0 Å². The molecule has 0 radical (unpaired) electrons. The summed E-state index contributed by atoms with van der Waals surface area (Å²) in [4.78, 5) is 17.3. The first-order chi connectivity index (χ1) is 13.8. The van der Waals surface area contributed by atoms with Crippen molar-refractivity contribution < 1.29 is 14.3 Å². The van der Waals surface area contributed by atoms with Crippen molar-refractivity contribution in [3.63, 3.8) is 0 Å². The predicted octanol–water partition coefficient (Wildman–Crippen LogP) is 4.95. The Kier molecular flexibility index (Phi) is 6.10. The Balaban J connectivity index is 1.57. The van der Waals surface area contributed by atoms with Crippen LogP contribution >= 0.6 is 11.6 Å². The fourth-order valence-corrected chi connectivity index (χ4v) is 5.25. The van der Waals surface area contributed by atoms with Gasteiger partial charge in [-0.25, -0.2) is 4.79 Å². The smallest absolute Gasteiger partial charge is 0.410 e. The third-order valence-corrected chi connectivity index (χ3v) is 6.53. The minimum Gasteiger partial charge on any atom is -0.444 e. The highest BCUT2D eigenvalue weighted by molar-refractivity contribution is 6.30. The summed E-state index contributed by atoms with van der Waals surface area (Å²) in [6, 6.07) is 4.87. The third-order valence-electron chi connectivity index (χ3n) is 6.31. The second kappa shape index (κ2) is 8.44. The molecule has 5 nitrogen and oxygen atoms in total. The van der Waals surface area contributed by atoms with Crippen LogP contribution in [-0.2, 0) is 22.4 Å². The Hall–Kier alpha value is -1.30. The normalized spacial score (nSPS) is 23.9. The number of carbonyl (C=O) groups is 1. The molecule has 3 heterocycles. The van der Waals surface area contributed by atoms with Gasteiger partial charge in [-0.3, -0.25) is 4.90 Å². The number of likely N-dealkylation sites (tertiary alicyclic amines) is 1. The van der Waals surface area contributed by atoms with E-state index < -0.39 is 5.60 Å². The van der Waals surface area contributed by atoms with E-state index in [2.05, 4.69) is 17.0 Å². The summed E-state index contributed by atoms with van der Waals surface area (Å²) in [6.45, 7) is 10.2. The molecule has 29 heavy (non-hydrogen) atoms. The van der Waals surface area contributed by atoms with Gasteiger partial charge in [0, 0.05) is 43.9 Å². The number of hydrogen-bond donors (Lipinski definition) is 0. The van der Waals surface area contributed by atoms with E-state index in [9.17, 15) is 4.79 Å². The second-order valence-electron chi connectivity index (χ2n) is 9.53. The summed E-state index contributed by atoms with van der Waals surface area (Å²) in [5.74, 6) is 0. The fourth-order valence-electron chi connectivity index (χ4n) is 5.00. The molecular weight excluding hydrogens is 388 g/mol. The molecular formula is C23H33ClN2O3. The van der Waals surface area contributed by atoms with Gasteiger partial charge >= 0.3 is 6.09 Å². The summed E-state index contributed by atoms with van der Waals surface area (Å²) in [6.07, 6.45) is 4.98. The van der Waals surface area contributed by atoms with Crippen molar-refractivity contribution in [1.82, 2.24) is 9.80 Å². The lowest BCUT2D eigenvalue weighted by molar-refractivity contribution is 0.0221. The van der Waals surface area contributed by atoms with Crippen LogP contribution in [-0.4, -0.2) is 53.8 Å². The van der Waals surface area contributed by atoms with Crippen molar-refractivity contribution in [2.45, 2.75) is 77.1 Å². The van der Waals surface area contributed by atoms with Crippen LogP contribution in [0.25, 0.3) is 0 Å². The van der Waals surface area contributed by atoms with Gasteiger partial charge in [-0.2, -0.15) is 0 Å². The van der Waals surface area contributed by atoms with Crippen LogP contribution in [0.2, 0.25) is 5.02 Å². The number of ether oxygens (including phenoxy) is 2. The average molecular weight is 421 g/mol. The van der Waals surface area contributed by atoms with Gasteiger partial charge in [0.1, 0.15) is 5.60 Å². The molecule has 6 heteroatoms. The van der Waals surface area contributed by atoms with Gasteiger partial charge in [-0.05, 0) is 81.7 Å². The van der Waals surface area contributed by atoms with Gasteiger partial charge in [0.05, 0.1) is 6.04 Å². The zero-order valence-electron chi connectivity index (χ0n) is 17.9. The topological polar surface area (TPSA) is 42.0 Å². The van der Waals surface area contributed by atoms with E-state index >= 15 is 0 Å². The number of carbonyl (C=O) groups excluding carboxylic acids is 1. The predicted molar refractivity (Wildman–Crippen MR) is 114 cm³/mol. The van der Waals surface area contributed by atoms with E-state index in [0.29, 0.717) is 6.04 Å². The van der Waals surface area contributed by atoms with Crippen LogP contribution in [0.4, 0.5) is 4.79 Å². The van der Waals surface area contributed by atoms with Crippen LogP contribution in [0.1, 0.15) is 69.2 Å². The first kappa shape index (κ1) is 21.0. The van der Waals surface area contributed by atoms with Crippen molar-refractivity contribution in [3.8, 4) is 0 Å². The third kappa shape index (κ3) is 4.73. The summed E-state index contributed by atoms with van der Waals surface area (Å²) < 4.78 is 11.2. The maximum Gasteiger partial charge on any atom is 0.410 e. The van der Waals surface area contributed by atoms with E-state index in [0.717, 1.165) is 70.0 Å². The largest absolute Gasteiger partial charge is 0.444 e. The molecule has 0 spiro atoms. The number of rotatable bonds is 2. The van der Waals surface area contributed by atoms with E-state index in [-0.39, 0.29) is 12.1 Å². The Morgan fingerprint density at radius 1 is 1.17 bits per heavy atom. The summed E-state index contributed by atoms with van der Waals surface area (Å²) in [7, 11) is 0. The maximum atomic E-state index is 12.8.